The molecular formula is C13H25N3S. The number of aryl methyl sites for hydroxylation is 1. The van der Waals surface area contributed by atoms with Crippen LogP contribution in [0.25, 0.3) is 0 Å². The fraction of sp³-hybridized carbons (Fsp3) is 0.769. The van der Waals surface area contributed by atoms with Crippen molar-refractivity contribution in [2.45, 2.75) is 40.7 Å². The number of nitrogens with zero attached hydrogens (tertiary/aromatic N) is 2. The highest BCUT2D eigenvalue weighted by molar-refractivity contribution is 7.15. The second-order valence-electron chi connectivity index (χ2n) is 5.87. The van der Waals surface area contributed by atoms with Crippen LogP contribution in [0.15, 0.2) is 0 Å². The van der Waals surface area contributed by atoms with Crippen molar-refractivity contribution in [3.05, 3.63) is 10.6 Å². The Labute approximate surface area is 109 Å². The third kappa shape index (κ3) is 3.96. The van der Waals surface area contributed by atoms with E-state index in [-0.39, 0.29) is 0 Å². The van der Waals surface area contributed by atoms with Gasteiger partial charge in [-0.25, -0.2) is 4.98 Å². The van der Waals surface area contributed by atoms with E-state index in [1.807, 2.05) is 7.05 Å². The molecule has 1 aromatic heterocycles. The number of aromatic nitrogens is 1. The summed E-state index contributed by atoms with van der Waals surface area (Å²) in [7, 11) is 4.11. The zero-order valence-electron chi connectivity index (χ0n) is 12.1. The predicted molar refractivity (Wildman–Crippen MR) is 77.1 cm³/mol. The number of hydrogen-bond donors (Lipinski definition) is 1. The molecule has 1 atom stereocenters. The van der Waals surface area contributed by atoms with Gasteiger partial charge in [0.15, 0.2) is 5.13 Å². The molecule has 17 heavy (non-hydrogen) atoms. The van der Waals surface area contributed by atoms with Gasteiger partial charge in [-0.3, -0.25) is 0 Å². The van der Waals surface area contributed by atoms with Gasteiger partial charge >= 0.3 is 0 Å². The van der Waals surface area contributed by atoms with Crippen LogP contribution in [0.5, 0.6) is 0 Å². The van der Waals surface area contributed by atoms with Crippen LogP contribution in [-0.2, 0) is 0 Å². The summed E-state index contributed by atoms with van der Waals surface area (Å²) in [5.74, 6) is 0. The summed E-state index contributed by atoms with van der Waals surface area (Å²) in [6.45, 7) is 12.0. The van der Waals surface area contributed by atoms with Crippen molar-refractivity contribution in [1.82, 2.24) is 10.3 Å². The summed E-state index contributed by atoms with van der Waals surface area (Å²) in [4.78, 5) is 8.26. The Hall–Kier alpha value is -0.610. The van der Waals surface area contributed by atoms with Crippen molar-refractivity contribution in [3.8, 4) is 0 Å². The minimum atomic E-state index is 0.295. The molecule has 3 nitrogen and oxygen atoms in total. The Kier molecular flexibility index (Phi) is 4.55. The average Bonchev–Trinajstić information content (AvgIpc) is 2.57. The second kappa shape index (κ2) is 5.36. The molecular weight excluding hydrogens is 230 g/mol. The first kappa shape index (κ1) is 14.5. The van der Waals surface area contributed by atoms with Crippen LogP contribution in [0.3, 0.4) is 0 Å². The van der Waals surface area contributed by atoms with Crippen LogP contribution in [0.1, 0.15) is 44.3 Å². The van der Waals surface area contributed by atoms with Crippen molar-refractivity contribution >= 4 is 16.5 Å². The molecule has 0 aliphatic rings. The molecule has 0 fully saturated rings. The summed E-state index contributed by atoms with van der Waals surface area (Å²) >= 11 is 1.79. The highest BCUT2D eigenvalue weighted by Crippen LogP contribution is 2.31. The number of rotatable bonds is 4. The largest absolute Gasteiger partial charge is 0.351 e. The van der Waals surface area contributed by atoms with Gasteiger partial charge in [0.2, 0.25) is 0 Å². The molecule has 1 heterocycles. The van der Waals surface area contributed by atoms with Gasteiger partial charge in [0.05, 0.1) is 5.69 Å². The molecule has 1 unspecified atom stereocenters. The third-order valence-corrected chi connectivity index (χ3v) is 4.14. The topological polar surface area (TPSA) is 28.2 Å². The van der Waals surface area contributed by atoms with Gasteiger partial charge in [-0.15, -0.1) is 11.3 Å². The van der Waals surface area contributed by atoms with E-state index in [9.17, 15) is 0 Å². The van der Waals surface area contributed by atoms with E-state index < -0.39 is 0 Å². The molecule has 0 saturated heterocycles. The van der Waals surface area contributed by atoms with Crippen molar-refractivity contribution in [2.75, 3.05) is 25.5 Å². The zero-order chi connectivity index (χ0) is 13.2. The van der Waals surface area contributed by atoms with E-state index in [2.05, 4.69) is 56.9 Å². The summed E-state index contributed by atoms with van der Waals surface area (Å²) < 4.78 is 0. The summed E-state index contributed by atoms with van der Waals surface area (Å²) in [6.07, 6.45) is 0. The van der Waals surface area contributed by atoms with Crippen molar-refractivity contribution < 1.29 is 0 Å². The van der Waals surface area contributed by atoms with E-state index in [0.29, 0.717) is 11.5 Å². The van der Waals surface area contributed by atoms with Gasteiger partial charge in [0.25, 0.3) is 0 Å². The monoisotopic (exact) mass is 255 g/mol. The van der Waals surface area contributed by atoms with Gasteiger partial charge in [-0.2, -0.15) is 0 Å². The van der Waals surface area contributed by atoms with E-state index >= 15 is 0 Å². The minimum Gasteiger partial charge on any atom is -0.351 e. The lowest BCUT2D eigenvalue weighted by molar-refractivity contribution is 0.418. The van der Waals surface area contributed by atoms with Crippen LogP contribution >= 0.6 is 11.3 Å². The van der Waals surface area contributed by atoms with Gasteiger partial charge < -0.3 is 10.2 Å². The lowest BCUT2D eigenvalue weighted by atomic mass is 9.96. The third-order valence-electron chi connectivity index (χ3n) is 2.69. The SMILES string of the molecule is CNC(C)c1sc(N(C)CC(C)(C)C)nc1C. The molecule has 4 heteroatoms. The van der Waals surface area contributed by atoms with E-state index in [1.165, 1.54) is 4.88 Å². The highest BCUT2D eigenvalue weighted by Gasteiger charge is 2.19. The molecule has 1 rings (SSSR count). The van der Waals surface area contributed by atoms with Gasteiger partial charge in [0.1, 0.15) is 0 Å². The first-order chi connectivity index (χ1) is 7.74. The molecule has 0 radical (unpaired) electrons. The van der Waals surface area contributed by atoms with E-state index in [1.54, 1.807) is 11.3 Å². The first-order valence-electron chi connectivity index (χ1n) is 6.10. The average molecular weight is 255 g/mol. The number of anilines is 1. The molecule has 1 aromatic rings. The van der Waals surface area contributed by atoms with E-state index in [4.69, 9.17) is 0 Å². The standard InChI is InChI=1S/C13H25N3S/c1-9(14-6)11-10(2)15-12(17-11)16(7)8-13(3,4)5/h9,14H,8H2,1-7H3. The fourth-order valence-corrected chi connectivity index (χ4v) is 2.96. The molecule has 1 N–H and O–H groups in total. The van der Waals surface area contributed by atoms with Gasteiger partial charge in [-0.1, -0.05) is 20.8 Å². The summed E-state index contributed by atoms with van der Waals surface area (Å²) in [6, 6.07) is 0.379. The normalized spacial score (nSPS) is 13.8. The number of nitrogens with one attached hydrogen (secondary N) is 1. The fourth-order valence-electron chi connectivity index (χ4n) is 1.87. The molecule has 0 aliphatic carbocycles. The van der Waals surface area contributed by atoms with E-state index in [0.717, 1.165) is 17.4 Å². The predicted octanol–water partition coefficient (Wildman–Crippen LogP) is 3.21. The number of hydrogen-bond acceptors (Lipinski definition) is 4. The van der Waals surface area contributed by atoms with Gasteiger partial charge in [-0.05, 0) is 26.3 Å². The number of thiazole rings is 1. The van der Waals surface area contributed by atoms with Crippen LogP contribution in [0.2, 0.25) is 0 Å². The Morgan fingerprint density at radius 2 is 2.00 bits per heavy atom. The Morgan fingerprint density at radius 1 is 1.41 bits per heavy atom. The maximum absolute atomic E-state index is 4.67. The Balaban J connectivity index is 2.86. The molecule has 0 spiro atoms. The van der Waals surface area contributed by atoms with Crippen molar-refractivity contribution in [1.29, 1.82) is 0 Å². The zero-order valence-corrected chi connectivity index (χ0v) is 12.9. The molecule has 0 saturated carbocycles. The van der Waals surface area contributed by atoms with Crippen molar-refractivity contribution in [3.63, 3.8) is 0 Å². The lowest BCUT2D eigenvalue weighted by Gasteiger charge is -2.26. The van der Waals surface area contributed by atoms with Crippen LogP contribution in [0.4, 0.5) is 5.13 Å². The summed E-state index contributed by atoms with van der Waals surface area (Å²) in [5, 5.41) is 4.39. The molecule has 0 bridgehead atoms. The minimum absolute atomic E-state index is 0.295. The quantitative estimate of drug-likeness (QED) is 0.895. The van der Waals surface area contributed by atoms with Crippen LogP contribution < -0.4 is 10.2 Å². The molecule has 0 amide bonds. The summed E-state index contributed by atoms with van der Waals surface area (Å²) in [5.41, 5.74) is 1.44. The highest BCUT2D eigenvalue weighted by atomic mass is 32.1. The maximum Gasteiger partial charge on any atom is 0.185 e. The maximum atomic E-state index is 4.67. The molecule has 98 valence electrons. The lowest BCUT2D eigenvalue weighted by Crippen LogP contribution is -2.28. The van der Waals surface area contributed by atoms with Crippen LogP contribution in [0, 0.1) is 12.3 Å². The molecule has 0 aliphatic heterocycles. The molecule has 0 aromatic carbocycles. The smallest absolute Gasteiger partial charge is 0.185 e. The first-order valence-corrected chi connectivity index (χ1v) is 6.92. The Bertz CT molecular complexity index is 365. The van der Waals surface area contributed by atoms with Crippen LogP contribution in [-0.4, -0.2) is 25.6 Å². The van der Waals surface area contributed by atoms with Crippen molar-refractivity contribution in [2.24, 2.45) is 5.41 Å². The Morgan fingerprint density at radius 3 is 2.47 bits per heavy atom. The van der Waals surface area contributed by atoms with Gasteiger partial charge in [0, 0.05) is 24.5 Å². The second-order valence-corrected chi connectivity index (χ2v) is 6.88.